The first kappa shape index (κ1) is 22.6. The highest BCUT2D eigenvalue weighted by molar-refractivity contribution is 5.84. The van der Waals surface area contributed by atoms with Crippen molar-refractivity contribution in [2.45, 2.75) is 31.8 Å². The topological polar surface area (TPSA) is 76.5 Å². The number of para-hydroxylation sites is 2. The fourth-order valence-corrected chi connectivity index (χ4v) is 5.46. The Bertz CT molecular complexity index is 1180. The first-order valence-electron chi connectivity index (χ1n) is 12.1. The maximum Gasteiger partial charge on any atom is 0.256 e. The number of fused-ring (bicyclic) bond motifs is 1. The fourth-order valence-electron chi connectivity index (χ4n) is 5.46. The van der Waals surface area contributed by atoms with Gasteiger partial charge in [0, 0.05) is 46.1 Å². The summed E-state index contributed by atoms with van der Waals surface area (Å²) in [6, 6.07) is 17.7. The molecule has 1 N–H and O–H groups in total. The van der Waals surface area contributed by atoms with Gasteiger partial charge in [0.05, 0.1) is 11.0 Å². The lowest BCUT2D eigenvalue weighted by molar-refractivity contribution is -0.144. The number of aromatic nitrogens is 2. The molecule has 2 heterocycles. The Morgan fingerprint density at radius 1 is 1.12 bits per heavy atom. The van der Waals surface area contributed by atoms with Gasteiger partial charge in [-0.25, -0.2) is 4.98 Å². The standard InChI is InChI=1S/C27H32N4O3/c1-30-22-11-7-6-10-21(22)29-23(30)12-15-28-25(32)20-18-27(20)13-16-31(17-14-27)26(33)24(34-2)19-8-4-3-5-9-19/h3-11,20,24H,12-18H2,1-2H3,(H,28,32)/t20-,24-/m1/s1. The summed E-state index contributed by atoms with van der Waals surface area (Å²) in [6.07, 6.45) is 2.78. The molecule has 0 bridgehead atoms. The third-order valence-electron chi connectivity index (χ3n) is 7.67. The summed E-state index contributed by atoms with van der Waals surface area (Å²) in [5.74, 6) is 1.17. The van der Waals surface area contributed by atoms with Crippen LogP contribution >= 0.6 is 0 Å². The molecule has 7 heteroatoms. The van der Waals surface area contributed by atoms with E-state index in [1.54, 1.807) is 7.11 Å². The molecule has 0 radical (unpaired) electrons. The summed E-state index contributed by atoms with van der Waals surface area (Å²) >= 11 is 0. The first-order valence-corrected chi connectivity index (χ1v) is 12.1. The van der Waals surface area contributed by atoms with Crippen molar-refractivity contribution < 1.29 is 14.3 Å². The molecule has 1 aliphatic carbocycles. The molecule has 7 nitrogen and oxygen atoms in total. The number of hydrogen-bond donors (Lipinski definition) is 1. The number of carbonyl (C=O) groups is 2. The summed E-state index contributed by atoms with van der Waals surface area (Å²) in [7, 11) is 3.60. The van der Waals surface area contributed by atoms with Crippen LogP contribution in [0.3, 0.4) is 0 Å². The summed E-state index contributed by atoms with van der Waals surface area (Å²) in [5.41, 5.74) is 3.01. The average molecular weight is 461 g/mol. The van der Waals surface area contributed by atoms with Gasteiger partial charge in [-0.15, -0.1) is 0 Å². The smallest absolute Gasteiger partial charge is 0.256 e. The maximum atomic E-state index is 13.1. The van der Waals surface area contributed by atoms with Gasteiger partial charge < -0.3 is 19.5 Å². The van der Waals surface area contributed by atoms with Crippen molar-refractivity contribution in [1.82, 2.24) is 19.8 Å². The van der Waals surface area contributed by atoms with E-state index in [1.165, 1.54) is 0 Å². The van der Waals surface area contributed by atoms with E-state index in [4.69, 9.17) is 4.74 Å². The molecule has 2 amide bonds. The van der Waals surface area contributed by atoms with Crippen LogP contribution in [0.25, 0.3) is 11.0 Å². The molecule has 0 unspecified atom stereocenters. The molecule has 2 aliphatic rings. The molecule has 1 aromatic heterocycles. The molecule has 1 saturated carbocycles. The van der Waals surface area contributed by atoms with Crippen LogP contribution in [0.15, 0.2) is 54.6 Å². The van der Waals surface area contributed by atoms with E-state index in [9.17, 15) is 9.59 Å². The van der Waals surface area contributed by atoms with E-state index in [0.29, 0.717) is 26.1 Å². The van der Waals surface area contributed by atoms with Crippen LogP contribution < -0.4 is 5.32 Å². The van der Waals surface area contributed by atoms with Gasteiger partial charge in [0.15, 0.2) is 6.10 Å². The molecule has 2 atom stereocenters. The van der Waals surface area contributed by atoms with E-state index in [1.807, 2.05) is 60.5 Å². The van der Waals surface area contributed by atoms with Crippen LogP contribution in [-0.4, -0.2) is 53.0 Å². The zero-order chi connectivity index (χ0) is 23.7. The first-order chi connectivity index (χ1) is 16.5. The zero-order valence-corrected chi connectivity index (χ0v) is 19.9. The van der Waals surface area contributed by atoms with Gasteiger partial charge in [-0.1, -0.05) is 42.5 Å². The number of rotatable bonds is 7. The maximum absolute atomic E-state index is 13.1. The Labute approximate surface area is 200 Å². The van der Waals surface area contributed by atoms with Crippen LogP contribution in [-0.2, 0) is 27.8 Å². The Morgan fingerprint density at radius 2 is 1.82 bits per heavy atom. The number of likely N-dealkylation sites (tertiary alicyclic amines) is 1. The Balaban J connectivity index is 1.11. The van der Waals surface area contributed by atoms with Crippen molar-refractivity contribution in [2.75, 3.05) is 26.7 Å². The molecule has 3 aromatic rings. The number of hydrogen-bond acceptors (Lipinski definition) is 4. The van der Waals surface area contributed by atoms with Crippen molar-refractivity contribution in [2.24, 2.45) is 18.4 Å². The Morgan fingerprint density at radius 3 is 2.53 bits per heavy atom. The van der Waals surface area contributed by atoms with Crippen molar-refractivity contribution in [3.63, 3.8) is 0 Å². The van der Waals surface area contributed by atoms with Gasteiger partial charge in [0.25, 0.3) is 5.91 Å². The highest BCUT2D eigenvalue weighted by Gasteiger charge is 2.58. The predicted octanol–water partition coefficient (Wildman–Crippen LogP) is 3.25. The van der Waals surface area contributed by atoms with Crippen LogP contribution in [0.4, 0.5) is 0 Å². The zero-order valence-electron chi connectivity index (χ0n) is 19.9. The SMILES string of the molecule is CO[C@@H](C(=O)N1CCC2(CC1)C[C@@H]2C(=O)NCCc1nc2ccccc2n1C)c1ccccc1. The van der Waals surface area contributed by atoms with E-state index in [-0.39, 0.29) is 23.1 Å². The Hall–Kier alpha value is -3.19. The second-order valence-electron chi connectivity index (χ2n) is 9.59. The monoisotopic (exact) mass is 460 g/mol. The van der Waals surface area contributed by atoms with Gasteiger partial charge in [-0.05, 0) is 42.4 Å². The number of imidazole rings is 1. The third kappa shape index (κ3) is 4.20. The summed E-state index contributed by atoms with van der Waals surface area (Å²) in [4.78, 5) is 32.5. The largest absolute Gasteiger partial charge is 0.367 e. The summed E-state index contributed by atoms with van der Waals surface area (Å²) in [5, 5.41) is 3.13. The fraction of sp³-hybridized carbons (Fsp3) is 0.444. The lowest BCUT2D eigenvalue weighted by Crippen LogP contribution is -2.43. The molecule has 34 heavy (non-hydrogen) atoms. The van der Waals surface area contributed by atoms with Crippen LogP contribution in [0.1, 0.15) is 36.8 Å². The van der Waals surface area contributed by atoms with Gasteiger partial charge in [-0.2, -0.15) is 0 Å². The average Bonchev–Trinajstić information content (AvgIpc) is 3.47. The molecular formula is C27H32N4O3. The van der Waals surface area contributed by atoms with Crippen LogP contribution in [0.5, 0.6) is 0 Å². The Kier molecular flexibility index (Phi) is 6.13. The number of carbonyl (C=O) groups excluding carboxylic acids is 2. The number of aryl methyl sites for hydroxylation is 1. The number of ether oxygens (including phenoxy) is 1. The van der Waals surface area contributed by atoms with E-state index in [2.05, 4.69) is 20.9 Å². The third-order valence-corrected chi connectivity index (χ3v) is 7.67. The quantitative estimate of drug-likeness (QED) is 0.587. The molecular weight excluding hydrogens is 428 g/mol. The van der Waals surface area contributed by atoms with Crippen molar-refractivity contribution in [3.8, 4) is 0 Å². The van der Waals surface area contributed by atoms with Gasteiger partial charge in [0.2, 0.25) is 5.91 Å². The number of piperidine rings is 1. The minimum absolute atomic E-state index is 0.00709. The second kappa shape index (κ2) is 9.22. The molecule has 5 rings (SSSR count). The van der Waals surface area contributed by atoms with Crippen molar-refractivity contribution >= 4 is 22.8 Å². The molecule has 2 aromatic carbocycles. The summed E-state index contributed by atoms with van der Waals surface area (Å²) in [6.45, 7) is 1.93. The number of nitrogens with zero attached hydrogens (tertiary/aromatic N) is 3. The van der Waals surface area contributed by atoms with E-state index < -0.39 is 6.10 Å². The molecule has 178 valence electrons. The predicted molar refractivity (Wildman–Crippen MR) is 130 cm³/mol. The van der Waals surface area contributed by atoms with Gasteiger partial charge >= 0.3 is 0 Å². The molecule has 1 aliphatic heterocycles. The van der Waals surface area contributed by atoms with Crippen molar-refractivity contribution in [3.05, 3.63) is 66.0 Å². The van der Waals surface area contributed by atoms with E-state index in [0.717, 1.165) is 41.7 Å². The second-order valence-corrected chi connectivity index (χ2v) is 9.59. The number of methoxy groups -OCH3 is 1. The van der Waals surface area contributed by atoms with Crippen LogP contribution in [0, 0.1) is 11.3 Å². The lowest BCUT2D eigenvalue weighted by Gasteiger charge is -2.34. The molecule has 2 fully saturated rings. The number of nitrogens with one attached hydrogen (secondary N) is 1. The van der Waals surface area contributed by atoms with Crippen molar-refractivity contribution in [1.29, 1.82) is 0 Å². The van der Waals surface area contributed by atoms with Crippen LogP contribution in [0.2, 0.25) is 0 Å². The summed E-state index contributed by atoms with van der Waals surface area (Å²) < 4.78 is 7.62. The molecule has 1 spiro atoms. The van der Waals surface area contributed by atoms with Gasteiger partial charge in [0.1, 0.15) is 5.82 Å². The van der Waals surface area contributed by atoms with Gasteiger partial charge in [-0.3, -0.25) is 9.59 Å². The number of amides is 2. The van der Waals surface area contributed by atoms with E-state index >= 15 is 0 Å². The normalized spacial score (nSPS) is 19.8. The minimum Gasteiger partial charge on any atom is -0.367 e. The highest BCUT2D eigenvalue weighted by atomic mass is 16.5. The lowest BCUT2D eigenvalue weighted by atomic mass is 9.90. The number of benzene rings is 2. The highest BCUT2D eigenvalue weighted by Crippen LogP contribution is 2.59. The molecule has 1 saturated heterocycles. The minimum atomic E-state index is -0.573.